The zero-order valence-corrected chi connectivity index (χ0v) is 16.7. The molecule has 27 heavy (non-hydrogen) atoms. The Balaban J connectivity index is 1.33. The van der Waals surface area contributed by atoms with Crippen LogP contribution in [0.1, 0.15) is 29.0 Å². The molecule has 2 aromatic carbocycles. The number of carbonyl (C=O) groups is 1. The van der Waals surface area contributed by atoms with Gasteiger partial charge in [-0.3, -0.25) is 9.69 Å². The zero-order valence-electron chi connectivity index (χ0n) is 15.2. The number of halogens is 1. The van der Waals surface area contributed by atoms with E-state index >= 15 is 0 Å². The van der Waals surface area contributed by atoms with E-state index in [0.29, 0.717) is 23.8 Å². The van der Waals surface area contributed by atoms with Crippen molar-refractivity contribution in [2.24, 2.45) is 5.92 Å². The molecule has 0 bridgehead atoms. The average molecular weight is 427 g/mol. The lowest BCUT2D eigenvalue weighted by atomic mass is 9.97. The number of carbonyl (C=O) groups excluding carboxylic acids is 1. The standard InChI is InChI=1S/C22H23BrN2O2/c23-19-10-4-9-18-12-20(27-21(18)19)22(26)24-13-17-8-5-11-25(15-17)14-16-6-2-1-3-7-16/h1-4,6-7,9-10,12,17H,5,8,11,13-15H2,(H,24,26). The fraction of sp³-hybridized carbons (Fsp3) is 0.318. The fourth-order valence-corrected chi connectivity index (χ4v) is 4.23. The Morgan fingerprint density at radius 1 is 1.19 bits per heavy atom. The van der Waals surface area contributed by atoms with Crippen LogP contribution in [0.2, 0.25) is 0 Å². The second-order valence-electron chi connectivity index (χ2n) is 7.21. The molecule has 140 valence electrons. The maximum atomic E-state index is 12.5. The summed E-state index contributed by atoms with van der Waals surface area (Å²) in [6.07, 6.45) is 2.32. The maximum absolute atomic E-state index is 12.5. The minimum Gasteiger partial charge on any atom is -0.450 e. The summed E-state index contributed by atoms with van der Waals surface area (Å²) in [6, 6.07) is 18.2. The van der Waals surface area contributed by atoms with E-state index in [0.717, 1.165) is 35.9 Å². The van der Waals surface area contributed by atoms with Gasteiger partial charge in [-0.25, -0.2) is 0 Å². The highest BCUT2D eigenvalue weighted by atomic mass is 79.9. The van der Waals surface area contributed by atoms with E-state index in [1.807, 2.05) is 18.2 Å². The largest absolute Gasteiger partial charge is 0.450 e. The summed E-state index contributed by atoms with van der Waals surface area (Å²) in [5, 5.41) is 3.99. The Morgan fingerprint density at radius 2 is 2.04 bits per heavy atom. The van der Waals surface area contributed by atoms with E-state index in [-0.39, 0.29) is 5.91 Å². The molecule has 1 N–H and O–H groups in total. The average Bonchev–Trinajstić information content (AvgIpc) is 3.13. The van der Waals surface area contributed by atoms with Crippen LogP contribution in [-0.2, 0) is 6.54 Å². The molecular weight excluding hydrogens is 404 g/mol. The van der Waals surface area contributed by atoms with Gasteiger partial charge in [0.1, 0.15) is 5.58 Å². The van der Waals surface area contributed by atoms with Crippen LogP contribution in [0.4, 0.5) is 0 Å². The second kappa shape index (κ2) is 8.28. The van der Waals surface area contributed by atoms with Crippen LogP contribution in [0.5, 0.6) is 0 Å². The lowest BCUT2D eigenvalue weighted by Crippen LogP contribution is -2.40. The summed E-state index contributed by atoms with van der Waals surface area (Å²) in [5.41, 5.74) is 2.06. The van der Waals surface area contributed by atoms with Crippen LogP contribution in [0.15, 0.2) is 63.5 Å². The van der Waals surface area contributed by atoms with Gasteiger partial charge in [0.15, 0.2) is 5.76 Å². The number of para-hydroxylation sites is 1. The number of rotatable bonds is 5. The molecule has 4 rings (SSSR count). The summed E-state index contributed by atoms with van der Waals surface area (Å²) in [7, 11) is 0. The number of fused-ring (bicyclic) bond motifs is 1. The number of hydrogen-bond acceptors (Lipinski definition) is 3. The molecular formula is C22H23BrN2O2. The quantitative estimate of drug-likeness (QED) is 0.634. The lowest BCUT2D eigenvalue weighted by Gasteiger charge is -2.32. The van der Waals surface area contributed by atoms with Crippen molar-refractivity contribution in [3.63, 3.8) is 0 Å². The van der Waals surface area contributed by atoms with E-state index in [1.165, 1.54) is 12.0 Å². The van der Waals surface area contributed by atoms with E-state index in [9.17, 15) is 4.79 Å². The van der Waals surface area contributed by atoms with Crippen molar-refractivity contribution in [1.82, 2.24) is 10.2 Å². The van der Waals surface area contributed by atoms with Crippen molar-refractivity contribution in [1.29, 1.82) is 0 Å². The summed E-state index contributed by atoms with van der Waals surface area (Å²) < 4.78 is 6.60. The van der Waals surface area contributed by atoms with Gasteiger partial charge >= 0.3 is 0 Å². The Hall–Kier alpha value is -2.11. The van der Waals surface area contributed by atoms with E-state index in [2.05, 4.69) is 56.5 Å². The van der Waals surface area contributed by atoms with Gasteiger partial charge in [-0.05, 0) is 58.9 Å². The van der Waals surface area contributed by atoms with Crippen molar-refractivity contribution in [2.75, 3.05) is 19.6 Å². The number of hydrogen-bond donors (Lipinski definition) is 1. The molecule has 0 spiro atoms. The van der Waals surface area contributed by atoms with Gasteiger partial charge in [-0.15, -0.1) is 0 Å². The normalized spacial score (nSPS) is 17.9. The predicted octanol–water partition coefficient (Wildman–Crippen LogP) is 4.84. The first kappa shape index (κ1) is 18.3. The minimum atomic E-state index is -0.140. The molecule has 1 atom stereocenters. The molecule has 1 aliphatic heterocycles. The molecule has 2 heterocycles. The van der Waals surface area contributed by atoms with E-state index in [1.54, 1.807) is 6.07 Å². The molecule has 1 aliphatic rings. The Bertz CT molecular complexity index is 922. The van der Waals surface area contributed by atoms with Crippen molar-refractivity contribution < 1.29 is 9.21 Å². The fourth-order valence-electron chi connectivity index (χ4n) is 3.77. The predicted molar refractivity (Wildman–Crippen MR) is 111 cm³/mol. The number of piperidine rings is 1. The molecule has 5 heteroatoms. The molecule has 0 saturated carbocycles. The first-order valence-corrected chi connectivity index (χ1v) is 10.2. The monoisotopic (exact) mass is 426 g/mol. The van der Waals surface area contributed by atoms with Crippen molar-refractivity contribution in [2.45, 2.75) is 19.4 Å². The van der Waals surface area contributed by atoms with Gasteiger partial charge in [-0.2, -0.15) is 0 Å². The molecule has 3 aromatic rings. The van der Waals surface area contributed by atoms with E-state index in [4.69, 9.17) is 4.42 Å². The molecule has 1 amide bonds. The third kappa shape index (κ3) is 4.42. The first-order chi connectivity index (χ1) is 13.2. The van der Waals surface area contributed by atoms with Gasteiger partial charge < -0.3 is 9.73 Å². The van der Waals surface area contributed by atoms with Gasteiger partial charge in [0.2, 0.25) is 0 Å². The first-order valence-electron chi connectivity index (χ1n) is 9.41. The number of nitrogens with one attached hydrogen (secondary N) is 1. The Kier molecular flexibility index (Phi) is 5.60. The van der Waals surface area contributed by atoms with Crippen molar-refractivity contribution >= 4 is 32.8 Å². The van der Waals surface area contributed by atoms with Crippen molar-refractivity contribution in [3.05, 3.63) is 70.4 Å². The summed E-state index contributed by atoms with van der Waals surface area (Å²) in [5.74, 6) is 0.703. The Labute approximate surface area is 167 Å². The van der Waals surface area contributed by atoms with Crippen LogP contribution in [0.3, 0.4) is 0 Å². The highest BCUT2D eigenvalue weighted by Gasteiger charge is 2.21. The second-order valence-corrected chi connectivity index (χ2v) is 8.06. The molecule has 1 aromatic heterocycles. The number of furan rings is 1. The van der Waals surface area contributed by atoms with Crippen molar-refractivity contribution in [3.8, 4) is 0 Å². The van der Waals surface area contributed by atoms with Crippen LogP contribution < -0.4 is 5.32 Å². The van der Waals surface area contributed by atoms with Gasteiger partial charge in [0.25, 0.3) is 5.91 Å². The molecule has 0 radical (unpaired) electrons. The molecule has 4 nitrogen and oxygen atoms in total. The number of nitrogens with zero attached hydrogens (tertiary/aromatic N) is 1. The minimum absolute atomic E-state index is 0.140. The van der Waals surface area contributed by atoms with Crippen LogP contribution in [0, 0.1) is 5.92 Å². The molecule has 1 saturated heterocycles. The number of benzene rings is 2. The number of amides is 1. The summed E-state index contributed by atoms with van der Waals surface area (Å²) in [6.45, 7) is 3.79. The van der Waals surface area contributed by atoms with E-state index < -0.39 is 0 Å². The number of likely N-dealkylation sites (tertiary alicyclic amines) is 1. The lowest BCUT2D eigenvalue weighted by molar-refractivity contribution is 0.0905. The van der Waals surface area contributed by atoms with Gasteiger partial charge in [0.05, 0.1) is 4.47 Å². The Morgan fingerprint density at radius 3 is 2.85 bits per heavy atom. The third-order valence-corrected chi connectivity index (χ3v) is 5.75. The molecule has 1 unspecified atom stereocenters. The van der Waals surface area contributed by atoms with Gasteiger partial charge in [0, 0.05) is 25.0 Å². The highest BCUT2D eigenvalue weighted by molar-refractivity contribution is 9.10. The van der Waals surface area contributed by atoms with Gasteiger partial charge in [-0.1, -0.05) is 42.5 Å². The summed E-state index contributed by atoms with van der Waals surface area (Å²) in [4.78, 5) is 15.0. The molecule has 1 fully saturated rings. The zero-order chi connectivity index (χ0) is 18.6. The molecule has 0 aliphatic carbocycles. The summed E-state index contributed by atoms with van der Waals surface area (Å²) >= 11 is 3.46. The highest BCUT2D eigenvalue weighted by Crippen LogP contribution is 2.27. The van der Waals surface area contributed by atoms with Crippen LogP contribution >= 0.6 is 15.9 Å². The SMILES string of the molecule is O=C(NCC1CCCN(Cc2ccccc2)C1)c1cc2cccc(Br)c2o1. The van der Waals surface area contributed by atoms with Crippen LogP contribution in [-0.4, -0.2) is 30.4 Å². The maximum Gasteiger partial charge on any atom is 0.287 e. The van der Waals surface area contributed by atoms with Crippen LogP contribution in [0.25, 0.3) is 11.0 Å². The topological polar surface area (TPSA) is 45.5 Å². The smallest absolute Gasteiger partial charge is 0.287 e. The third-order valence-electron chi connectivity index (χ3n) is 5.12.